The lowest BCUT2D eigenvalue weighted by Gasteiger charge is -2.40. The van der Waals surface area contributed by atoms with Crippen LogP contribution in [0.5, 0.6) is 0 Å². The van der Waals surface area contributed by atoms with Gasteiger partial charge in [0.25, 0.3) is 0 Å². The molecule has 414 valence electrons. The van der Waals surface area contributed by atoms with Crippen molar-refractivity contribution in [1.29, 1.82) is 0 Å². The van der Waals surface area contributed by atoms with E-state index in [9.17, 15) is 40.5 Å². The number of carbonyl (C=O) groups excluding carboxylic acids is 1. The molecule has 1 heterocycles. The van der Waals surface area contributed by atoms with Gasteiger partial charge in [0.05, 0.1) is 25.4 Å². The summed E-state index contributed by atoms with van der Waals surface area (Å²) in [5.41, 5.74) is 0. The molecule has 1 amide bonds. The molecule has 0 saturated carbocycles. The van der Waals surface area contributed by atoms with Crippen molar-refractivity contribution in [1.82, 2.24) is 5.32 Å². The summed E-state index contributed by atoms with van der Waals surface area (Å²) in [6.45, 7) is 3.46. The van der Waals surface area contributed by atoms with Crippen LogP contribution in [-0.2, 0) is 14.3 Å². The third kappa shape index (κ3) is 36.5. The number of hydrogen-bond acceptors (Lipinski definition) is 10. The van der Waals surface area contributed by atoms with Gasteiger partial charge in [0, 0.05) is 0 Å². The van der Waals surface area contributed by atoms with E-state index >= 15 is 0 Å². The predicted octanol–water partition coefficient (Wildman–Crippen LogP) is 12.5. The minimum atomic E-state index is -1.66. The summed E-state index contributed by atoms with van der Waals surface area (Å²) in [6, 6.07) is -1.17. The Morgan fingerprint density at radius 1 is 0.500 bits per heavy atom. The summed E-state index contributed by atoms with van der Waals surface area (Å²) in [5, 5.41) is 76.2. The van der Waals surface area contributed by atoms with Gasteiger partial charge in [0.15, 0.2) is 6.29 Å². The molecule has 1 aliphatic heterocycles. The van der Waals surface area contributed by atoms with Gasteiger partial charge in [-0.25, -0.2) is 0 Å². The predicted molar refractivity (Wildman–Crippen MR) is 289 cm³/mol. The van der Waals surface area contributed by atoms with Crippen LogP contribution in [0.2, 0.25) is 0 Å². The molecule has 1 saturated heterocycles. The van der Waals surface area contributed by atoms with Crippen molar-refractivity contribution in [2.75, 3.05) is 13.2 Å². The molecule has 70 heavy (non-hydrogen) atoms. The molecule has 11 nitrogen and oxygen atoms in total. The second-order valence-electron chi connectivity index (χ2n) is 21.1. The molecule has 1 aliphatic rings. The van der Waals surface area contributed by atoms with E-state index in [1.165, 1.54) is 193 Å². The van der Waals surface area contributed by atoms with Crippen LogP contribution in [-0.4, -0.2) is 110 Å². The average molecular weight is 997 g/mol. The number of carbonyl (C=O) groups is 1. The highest BCUT2D eigenvalue weighted by atomic mass is 16.7. The van der Waals surface area contributed by atoms with Crippen LogP contribution in [0.3, 0.4) is 0 Å². The molecule has 1 rings (SSSR count). The smallest absolute Gasteiger partial charge is 0.249 e. The van der Waals surface area contributed by atoms with Crippen molar-refractivity contribution in [2.45, 2.75) is 332 Å². The Morgan fingerprint density at radius 2 is 0.857 bits per heavy atom. The molecule has 0 aliphatic carbocycles. The number of nitrogens with one attached hydrogen (secondary N) is 1. The molecular formula is C59H113NO10. The fourth-order valence-electron chi connectivity index (χ4n) is 9.67. The SMILES string of the molecule is CCCCC/C=C\C=C/CCCCCCCCCCCC(O)C(=O)NC(COC1OC(CO)C(O)C(O)C1O)C(O)C(O)CCCCCCCCCCCCCCCCCCCCCCCCCCC. The lowest BCUT2D eigenvalue weighted by atomic mass is 9.98. The van der Waals surface area contributed by atoms with Gasteiger partial charge in [0.2, 0.25) is 5.91 Å². The van der Waals surface area contributed by atoms with E-state index in [0.717, 1.165) is 44.9 Å². The van der Waals surface area contributed by atoms with Gasteiger partial charge in [-0.1, -0.05) is 263 Å². The van der Waals surface area contributed by atoms with Crippen LogP contribution in [0.4, 0.5) is 0 Å². The summed E-state index contributed by atoms with van der Waals surface area (Å²) >= 11 is 0. The number of ether oxygens (including phenoxy) is 2. The molecule has 1 fully saturated rings. The molecule has 0 bridgehead atoms. The van der Waals surface area contributed by atoms with Crippen LogP contribution in [0.15, 0.2) is 24.3 Å². The highest BCUT2D eigenvalue weighted by Crippen LogP contribution is 2.24. The van der Waals surface area contributed by atoms with E-state index in [1.54, 1.807) is 0 Å². The maximum absolute atomic E-state index is 13.2. The van der Waals surface area contributed by atoms with Gasteiger partial charge in [-0.2, -0.15) is 0 Å². The quantitative estimate of drug-likeness (QED) is 0.0215. The van der Waals surface area contributed by atoms with E-state index in [-0.39, 0.29) is 6.42 Å². The van der Waals surface area contributed by atoms with Gasteiger partial charge in [-0.3, -0.25) is 4.79 Å². The average Bonchev–Trinajstić information content (AvgIpc) is 3.36. The zero-order valence-electron chi connectivity index (χ0n) is 45.3. The number of unbranched alkanes of at least 4 members (excludes halogenated alkanes) is 36. The van der Waals surface area contributed by atoms with E-state index in [0.29, 0.717) is 19.3 Å². The molecule has 0 spiro atoms. The topological polar surface area (TPSA) is 189 Å². The number of amides is 1. The summed E-state index contributed by atoms with van der Waals surface area (Å²) in [4.78, 5) is 13.2. The van der Waals surface area contributed by atoms with Crippen molar-refractivity contribution in [3.63, 3.8) is 0 Å². The first-order valence-corrected chi connectivity index (χ1v) is 29.8. The molecule has 0 aromatic rings. The lowest BCUT2D eigenvalue weighted by molar-refractivity contribution is -0.303. The van der Waals surface area contributed by atoms with Gasteiger partial charge >= 0.3 is 0 Å². The zero-order chi connectivity index (χ0) is 51.1. The van der Waals surface area contributed by atoms with Gasteiger partial charge in [-0.05, 0) is 38.5 Å². The van der Waals surface area contributed by atoms with E-state index in [2.05, 4.69) is 43.5 Å². The minimum Gasteiger partial charge on any atom is -0.394 e. The highest BCUT2D eigenvalue weighted by Gasteiger charge is 2.44. The molecule has 8 N–H and O–H groups in total. The maximum Gasteiger partial charge on any atom is 0.249 e. The Kier molecular flexibility index (Phi) is 46.2. The van der Waals surface area contributed by atoms with Crippen LogP contribution < -0.4 is 5.32 Å². The first-order chi connectivity index (χ1) is 34.2. The number of hydrogen-bond donors (Lipinski definition) is 8. The third-order valence-electron chi connectivity index (χ3n) is 14.5. The number of aliphatic hydroxyl groups is 7. The second kappa shape index (κ2) is 48.5. The zero-order valence-corrected chi connectivity index (χ0v) is 45.3. The van der Waals surface area contributed by atoms with Crippen LogP contribution in [0.1, 0.15) is 277 Å². The van der Waals surface area contributed by atoms with Crippen molar-refractivity contribution < 1.29 is 50.0 Å². The molecule has 9 atom stereocenters. The van der Waals surface area contributed by atoms with E-state index < -0.39 is 74.2 Å². The van der Waals surface area contributed by atoms with Gasteiger partial charge in [-0.15, -0.1) is 0 Å². The summed E-state index contributed by atoms with van der Waals surface area (Å²) in [7, 11) is 0. The lowest BCUT2D eigenvalue weighted by Crippen LogP contribution is -2.60. The second-order valence-corrected chi connectivity index (χ2v) is 21.1. The first kappa shape index (κ1) is 66.6. The monoisotopic (exact) mass is 996 g/mol. The summed E-state index contributed by atoms with van der Waals surface area (Å²) in [6.07, 6.45) is 46.5. The third-order valence-corrected chi connectivity index (χ3v) is 14.5. The molecule has 0 radical (unpaired) electrons. The van der Waals surface area contributed by atoms with Crippen LogP contribution in [0.25, 0.3) is 0 Å². The molecular weight excluding hydrogens is 883 g/mol. The van der Waals surface area contributed by atoms with E-state index in [4.69, 9.17) is 9.47 Å². The largest absolute Gasteiger partial charge is 0.394 e. The number of rotatable bonds is 51. The maximum atomic E-state index is 13.2. The van der Waals surface area contributed by atoms with Crippen molar-refractivity contribution >= 4 is 5.91 Å². The Morgan fingerprint density at radius 3 is 1.27 bits per heavy atom. The van der Waals surface area contributed by atoms with Crippen molar-refractivity contribution in [3.8, 4) is 0 Å². The number of allylic oxidation sites excluding steroid dienone is 4. The Balaban J connectivity index is 2.29. The van der Waals surface area contributed by atoms with Gasteiger partial charge < -0.3 is 50.5 Å². The van der Waals surface area contributed by atoms with Crippen LogP contribution in [0, 0.1) is 0 Å². The molecule has 9 unspecified atom stereocenters. The minimum absolute atomic E-state index is 0.256. The Hall–Kier alpha value is -1.41. The number of aliphatic hydroxyl groups excluding tert-OH is 7. The molecule has 0 aromatic carbocycles. The summed E-state index contributed by atoms with van der Waals surface area (Å²) < 4.78 is 11.2. The fourth-order valence-corrected chi connectivity index (χ4v) is 9.67. The molecule has 0 aromatic heterocycles. The van der Waals surface area contributed by atoms with Crippen molar-refractivity contribution in [3.05, 3.63) is 24.3 Å². The fraction of sp³-hybridized carbons (Fsp3) is 0.915. The van der Waals surface area contributed by atoms with Gasteiger partial charge in [0.1, 0.15) is 36.6 Å². The molecule has 11 heteroatoms. The first-order valence-electron chi connectivity index (χ1n) is 29.8. The summed E-state index contributed by atoms with van der Waals surface area (Å²) in [5.74, 6) is -0.698. The standard InChI is InChI=1S/C59H113NO10/c1-3-5-7-9-11-13-15-17-19-21-23-24-25-26-27-28-29-31-32-34-36-38-40-42-44-46-51(62)54(64)50(49-69-59-57(67)56(66)55(65)53(48-61)70-59)60-58(68)52(63)47-45-43-41-39-37-35-33-30-22-20-18-16-14-12-10-8-6-4-2/h12,14,16,18,50-57,59,61-67H,3-11,13,15,17,19-49H2,1-2H3,(H,60,68)/b14-12-,18-16-. The highest BCUT2D eigenvalue weighted by molar-refractivity contribution is 5.80. The van der Waals surface area contributed by atoms with Crippen molar-refractivity contribution in [2.24, 2.45) is 0 Å². The van der Waals surface area contributed by atoms with Crippen LogP contribution >= 0.6 is 0 Å². The Labute approximate surface area is 429 Å². The Bertz CT molecular complexity index is 1190. The normalized spacial score (nSPS) is 20.4. The van der Waals surface area contributed by atoms with E-state index in [1.807, 2.05) is 0 Å².